The molecule has 2 aliphatic rings. The third kappa shape index (κ3) is 4.01. The summed E-state index contributed by atoms with van der Waals surface area (Å²) in [6.45, 7) is 9.19. The Morgan fingerprint density at radius 3 is 2.27 bits per heavy atom. The first-order valence-corrected chi connectivity index (χ1v) is 9.29. The highest BCUT2D eigenvalue weighted by molar-refractivity contribution is 5.86. The Balaban J connectivity index is 1.54. The van der Waals surface area contributed by atoms with Gasteiger partial charge in [-0.25, -0.2) is 0 Å². The molecular formula is C20H29N3O3. The molecule has 1 aromatic rings. The quantitative estimate of drug-likeness (QED) is 0.750. The van der Waals surface area contributed by atoms with Crippen LogP contribution in [0.5, 0.6) is 0 Å². The maximum Gasteiger partial charge on any atom is 0.254 e. The van der Waals surface area contributed by atoms with E-state index in [1.165, 1.54) is 5.69 Å². The van der Waals surface area contributed by atoms with Crippen molar-refractivity contribution in [2.24, 2.45) is 5.41 Å². The van der Waals surface area contributed by atoms with Crippen LogP contribution in [0.15, 0.2) is 30.3 Å². The maximum absolute atomic E-state index is 13.0. The van der Waals surface area contributed by atoms with Gasteiger partial charge >= 0.3 is 0 Å². The van der Waals surface area contributed by atoms with Crippen LogP contribution in [0.3, 0.4) is 0 Å². The molecule has 6 nitrogen and oxygen atoms in total. The highest BCUT2D eigenvalue weighted by Gasteiger charge is 2.44. The van der Waals surface area contributed by atoms with Gasteiger partial charge < -0.3 is 19.4 Å². The van der Waals surface area contributed by atoms with E-state index in [-0.39, 0.29) is 24.0 Å². The molecule has 2 fully saturated rings. The standard InChI is InChI=1S/C20H29N3O3/c1-15-17(26-15)18(24)21(4)14-20(2,3)19(25)23-12-10-22(11-13-23)16-8-6-5-7-9-16/h5-9,15,17H,10-14H2,1-4H3. The molecule has 2 aliphatic heterocycles. The third-order valence-corrected chi connectivity index (χ3v) is 5.23. The second kappa shape index (κ2) is 7.27. The maximum atomic E-state index is 13.0. The monoisotopic (exact) mass is 359 g/mol. The van der Waals surface area contributed by atoms with Crippen molar-refractivity contribution in [2.75, 3.05) is 44.7 Å². The zero-order valence-corrected chi connectivity index (χ0v) is 16.1. The van der Waals surface area contributed by atoms with E-state index >= 15 is 0 Å². The first kappa shape index (κ1) is 18.7. The van der Waals surface area contributed by atoms with Gasteiger partial charge in [-0.3, -0.25) is 9.59 Å². The number of rotatable bonds is 5. The molecule has 2 heterocycles. The Morgan fingerprint density at radius 1 is 1.15 bits per heavy atom. The van der Waals surface area contributed by atoms with Gasteiger partial charge in [-0.05, 0) is 32.9 Å². The van der Waals surface area contributed by atoms with Crippen LogP contribution in [0.4, 0.5) is 5.69 Å². The van der Waals surface area contributed by atoms with Crippen LogP contribution in [0, 0.1) is 5.41 Å². The minimum absolute atomic E-state index is 0.00479. The van der Waals surface area contributed by atoms with E-state index in [9.17, 15) is 9.59 Å². The van der Waals surface area contributed by atoms with Gasteiger partial charge in [-0.2, -0.15) is 0 Å². The molecule has 142 valence electrons. The van der Waals surface area contributed by atoms with Crippen molar-refractivity contribution in [3.8, 4) is 0 Å². The van der Waals surface area contributed by atoms with Gasteiger partial charge in [0.05, 0.1) is 11.5 Å². The fourth-order valence-corrected chi connectivity index (χ4v) is 3.64. The van der Waals surface area contributed by atoms with E-state index in [1.54, 1.807) is 11.9 Å². The second-order valence-electron chi connectivity index (χ2n) is 7.95. The van der Waals surface area contributed by atoms with Crippen molar-refractivity contribution in [1.29, 1.82) is 0 Å². The molecule has 0 bridgehead atoms. The van der Waals surface area contributed by atoms with Gasteiger partial charge in [-0.1, -0.05) is 18.2 Å². The molecule has 0 radical (unpaired) electrons. The molecule has 3 rings (SSSR count). The van der Waals surface area contributed by atoms with Gasteiger partial charge in [0.2, 0.25) is 5.91 Å². The van der Waals surface area contributed by atoms with Gasteiger partial charge in [0, 0.05) is 45.5 Å². The molecule has 0 N–H and O–H groups in total. The molecule has 2 amide bonds. The Hall–Kier alpha value is -2.08. The van der Waals surface area contributed by atoms with Crippen LogP contribution in [0.25, 0.3) is 0 Å². The van der Waals surface area contributed by atoms with Crippen LogP contribution in [0.1, 0.15) is 20.8 Å². The van der Waals surface area contributed by atoms with Crippen LogP contribution < -0.4 is 4.90 Å². The van der Waals surface area contributed by atoms with Gasteiger partial charge in [0.25, 0.3) is 5.91 Å². The first-order valence-electron chi connectivity index (χ1n) is 9.29. The van der Waals surface area contributed by atoms with Crippen molar-refractivity contribution in [1.82, 2.24) is 9.80 Å². The number of ether oxygens (including phenoxy) is 1. The highest BCUT2D eigenvalue weighted by Crippen LogP contribution is 2.26. The van der Waals surface area contributed by atoms with Crippen molar-refractivity contribution in [3.63, 3.8) is 0 Å². The Kier molecular flexibility index (Phi) is 5.23. The highest BCUT2D eigenvalue weighted by atomic mass is 16.6. The lowest BCUT2D eigenvalue weighted by Crippen LogP contribution is -2.54. The lowest BCUT2D eigenvalue weighted by Gasteiger charge is -2.40. The summed E-state index contributed by atoms with van der Waals surface area (Å²) in [7, 11) is 1.75. The zero-order valence-electron chi connectivity index (χ0n) is 16.1. The number of epoxide rings is 1. The molecule has 1 aromatic carbocycles. The molecule has 2 atom stereocenters. The number of piperazine rings is 1. The summed E-state index contributed by atoms with van der Waals surface area (Å²) in [5.74, 6) is 0.0712. The lowest BCUT2D eigenvalue weighted by molar-refractivity contribution is -0.143. The fourth-order valence-electron chi connectivity index (χ4n) is 3.64. The summed E-state index contributed by atoms with van der Waals surface area (Å²) >= 11 is 0. The third-order valence-electron chi connectivity index (χ3n) is 5.23. The predicted molar refractivity (Wildman–Crippen MR) is 101 cm³/mol. The molecule has 26 heavy (non-hydrogen) atoms. The molecule has 6 heteroatoms. The van der Waals surface area contributed by atoms with Crippen molar-refractivity contribution < 1.29 is 14.3 Å². The summed E-state index contributed by atoms with van der Waals surface area (Å²) < 4.78 is 5.25. The van der Waals surface area contributed by atoms with E-state index in [0.29, 0.717) is 19.6 Å². The topological polar surface area (TPSA) is 56.4 Å². The number of benzene rings is 1. The Morgan fingerprint density at radius 2 is 1.73 bits per heavy atom. The van der Waals surface area contributed by atoms with E-state index in [1.807, 2.05) is 43.9 Å². The summed E-state index contributed by atoms with van der Waals surface area (Å²) in [4.78, 5) is 31.1. The largest absolute Gasteiger partial charge is 0.368 e. The molecule has 2 unspecified atom stereocenters. The van der Waals surface area contributed by atoms with E-state index in [0.717, 1.165) is 13.1 Å². The smallest absolute Gasteiger partial charge is 0.254 e. The van der Waals surface area contributed by atoms with Gasteiger partial charge in [0.1, 0.15) is 0 Å². The average molecular weight is 359 g/mol. The zero-order chi connectivity index (χ0) is 18.9. The summed E-state index contributed by atoms with van der Waals surface area (Å²) in [6.07, 6.45) is -0.338. The van der Waals surface area contributed by atoms with Crippen molar-refractivity contribution >= 4 is 17.5 Å². The Labute approximate surface area is 155 Å². The number of hydrogen-bond donors (Lipinski definition) is 0. The number of hydrogen-bond acceptors (Lipinski definition) is 4. The normalized spacial score (nSPS) is 22.9. The number of anilines is 1. The molecular weight excluding hydrogens is 330 g/mol. The number of amides is 2. The van der Waals surface area contributed by atoms with E-state index < -0.39 is 5.41 Å². The SMILES string of the molecule is CC1OC1C(=O)N(C)CC(C)(C)C(=O)N1CCN(c2ccccc2)CC1. The predicted octanol–water partition coefficient (Wildman–Crippen LogP) is 1.61. The minimum atomic E-state index is -0.614. The first-order chi connectivity index (χ1) is 12.3. The van der Waals surface area contributed by atoms with Crippen molar-refractivity contribution in [3.05, 3.63) is 30.3 Å². The number of carbonyl (C=O) groups excluding carboxylic acids is 2. The van der Waals surface area contributed by atoms with Crippen LogP contribution >= 0.6 is 0 Å². The van der Waals surface area contributed by atoms with E-state index in [4.69, 9.17) is 4.74 Å². The van der Waals surface area contributed by atoms with Gasteiger partial charge in [0.15, 0.2) is 6.10 Å². The molecule has 2 saturated heterocycles. The van der Waals surface area contributed by atoms with Gasteiger partial charge in [-0.15, -0.1) is 0 Å². The number of likely N-dealkylation sites (N-methyl/N-ethyl adjacent to an activating group) is 1. The lowest BCUT2D eigenvalue weighted by atomic mass is 9.90. The van der Waals surface area contributed by atoms with Crippen LogP contribution in [0.2, 0.25) is 0 Å². The number of para-hydroxylation sites is 1. The summed E-state index contributed by atoms with van der Waals surface area (Å²) in [5, 5.41) is 0. The number of nitrogens with zero attached hydrogens (tertiary/aromatic N) is 3. The molecule has 0 saturated carbocycles. The summed E-state index contributed by atoms with van der Waals surface area (Å²) in [5.41, 5.74) is 0.583. The molecule has 0 aromatic heterocycles. The van der Waals surface area contributed by atoms with Crippen LogP contribution in [-0.2, 0) is 14.3 Å². The average Bonchev–Trinajstić information content (AvgIpc) is 3.37. The molecule has 0 spiro atoms. The Bertz CT molecular complexity index is 654. The molecule has 0 aliphatic carbocycles. The van der Waals surface area contributed by atoms with E-state index in [2.05, 4.69) is 17.0 Å². The van der Waals surface area contributed by atoms with Crippen LogP contribution in [-0.4, -0.2) is 73.6 Å². The second-order valence-corrected chi connectivity index (χ2v) is 7.95. The fraction of sp³-hybridized carbons (Fsp3) is 0.600. The summed E-state index contributed by atoms with van der Waals surface area (Å²) in [6, 6.07) is 10.3. The number of carbonyl (C=O) groups is 2. The minimum Gasteiger partial charge on any atom is -0.368 e. The van der Waals surface area contributed by atoms with Crippen molar-refractivity contribution in [2.45, 2.75) is 33.0 Å².